The Labute approximate surface area is 147 Å². The van der Waals surface area contributed by atoms with Crippen molar-refractivity contribution in [2.24, 2.45) is 0 Å². The van der Waals surface area contributed by atoms with E-state index in [4.69, 9.17) is 36.7 Å². The van der Waals surface area contributed by atoms with Gasteiger partial charge in [-0.1, -0.05) is 0 Å². The first-order valence-electron chi connectivity index (χ1n) is 1.51. The second-order valence-corrected chi connectivity index (χ2v) is 2.84. The maximum Gasteiger partial charge on any atom is 2.00 e. The van der Waals surface area contributed by atoms with E-state index in [9.17, 15) is 0 Å². The average molecular weight is 415 g/mol. The summed E-state index contributed by atoms with van der Waals surface area (Å²) in [5.41, 5.74) is 0. The molecule has 0 atom stereocenters. The fourth-order valence-corrected chi connectivity index (χ4v) is 0. The molecule has 0 spiro atoms. The Kier molecular flexibility index (Phi) is 21.2. The van der Waals surface area contributed by atoms with Crippen molar-refractivity contribution in [2.45, 2.75) is 0 Å². The Hall–Kier alpha value is 2.98. The minimum atomic E-state index is -5.61. The largest absolute Gasteiger partial charge is 2.00 e. The van der Waals surface area contributed by atoms with Crippen LogP contribution >= 0.6 is 0 Å². The summed E-state index contributed by atoms with van der Waals surface area (Å²) in [6, 6.07) is 0. The second kappa shape index (κ2) is 10.5. The molecule has 0 rings (SSSR count). The van der Waals surface area contributed by atoms with Crippen molar-refractivity contribution in [3.8, 4) is 0 Å². The summed E-state index contributed by atoms with van der Waals surface area (Å²) in [6.45, 7) is 0. The number of hydrogen-bond donors (Lipinski definition) is 2. The molecule has 0 bridgehead atoms. The van der Waals surface area contributed by atoms with Crippen LogP contribution in [0.5, 0.6) is 0 Å². The van der Waals surface area contributed by atoms with Gasteiger partial charge in [-0.2, -0.15) is 8.42 Å². The first-order valence-corrected chi connectivity index (χ1v) is 4.54. The minimum Gasteiger partial charge on any atom is -0.894 e. The Morgan fingerprint density at radius 3 is 1.00 bits per heavy atom. The summed E-state index contributed by atoms with van der Waals surface area (Å²) in [7, 11) is -10.3. The zero-order chi connectivity index (χ0) is 9.00. The van der Waals surface area contributed by atoms with E-state index in [2.05, 4.69) is 0 Å². The molecular formula is H2BaO8SSiSr. The topological polar surface area (TPSA) is 167 Å². The predicted octanol–water partition coefficient (Wildman–Crippen LogP) is -6.55. The van der Waals surface area contributed by atoms with Gasteiger partial charge in [-0.05, 0) is 0 Å². The summed E-state index contributed by atoms with van der Waals surface area (Å²) in [6.07, 6.45) is 0. The zero-order valence-electron chi connectivity index (χ0n) is 5.67. The maximum absolute atomic E-state index is 8.74. The Balaban J connectivity index is -0.0000000457. The van der Waals surface area contributed by atoms with Gasteiger partial charge in [0, 0.05) is 0 Å². The first-order chi connectivity index (χ1) is 4.00. The van der Waals surface area contributed by atoms with Crippen LogP contribution in [0.25, 0.3) is 0 Å². The van der Waals surface area contributed by atoms with E-state index in [1.165, 1.54) is 0 Å². The van der Waals surface area contributed by atoms with Gasteiger partial charge in [0.25, 0.3) is 0 Å². The van der Waals surface area contributed by atoms with Gasteiger partial charge < -0.3 is 28.2 Å². The second-order valence-electron chi connectivity index (χ2n) is 0.948. The molecule has 12 heavy (non-hydrogen) atoms. The van der Waals surface area contributed by atoms with Crippen molar-refractivity contribution in [1.82, 2.24) is 0 Å². The fraction of sp³-hybridized carbons (Fsp3) is 0. The SMILES string of the molecule is O=S(=O)(O)O.[Ba+2].[O-][Si]([O-])([O-])[O-].[Sr+2]. The molecule has 0 aliphatic carbocycles. The van der Waals surface area contributed by atoms with Crippen LogP contribution in [0.3, 0.4) is 0 Å². The molecule has 0 heterocycles. The van der Waals surface area contributed by atoms with Crippen molar-refractivity contribution in [2.75, 3.05) is 0 Å². The van der Waals surface area contributed by atoms with Crippen molar-refractivity contribution >= 4 is 114 Å². The molecule has 0 saturated carbocycles. The van der Waals surface area contributed by atoms with E-state index in [0.717, 1.165) is 0 Å². The Morgan fingerprint density at radius 1 is 1.00 bits per heavy atom. The van der Waals surface area contributed by atoms with Crippen LogP contribution in [-0.2, 0) is 10.4 Å². The normalized spacial score (nSPS) is 9.83. The van der Waals surface area contributed by atoms with Gasteiger partial charge in [0.2, 0.25) is 0 Å². The third-order valence-electron chi connectivity index (χ3n) is 0. The third-order valence-corrected chi connectivity index (χ3v) is 0. The van der Waals surface area contributed by atoms with Crippen LogP contribution < -0.4 is 19.2 Å². The van der Waals surface area contributed by atoms with E-state index in [-0.39, 0.29) is 94.4 Å². The summed E-state index contributed by atoms with van der Waals surface area (Å²) in [5, 5.41) is 0. The smallest absolute Gasteiger partial charge is 0.894 e. The van der Waals surface area contributed by atoms with E-state index in [0.29, 0.717) is 0 Å². The monoisotopic (exact) mass is 416 g/mol. The van der Waals surface area contributed by atoms with Gasteiger partial charge in [0.1, 0.15) is 0 Å². The molecule has 0 aliphatic heterocycles. The molecule has 0 radical (unpaired) electrons. The average Bonchev–Trinajstić information content (AvgIpc) is 1.12. The predicted molar refractivity (Wildman–Crippen MR) is 31.4 cm³/mol. The van der Waals surface area contributed by atoms with E-state index in [1.54, 1.807) is 0 Å². The standard InChI is InChI=1S/Ba.H2O4S.O4Si.Sr/c;2*1-5(2,3)4;/h;(H2,1,2,3,4);;/q+2;;-4;+2. The fourth-order valence-electron chi connectivity index (χ4n) is 0. The van der Waals surface area contributed by atoms with Crippen LogP contribution in [-0.4, -0.2) is 121 Å². The molecule has 0 fully saturated rings. The number of hydrogen-bond acceptors (Lipinski definition) is 6. The van der Waals surface area contributed by atoms with Crippen LogP contribution in [0.15, 0.2) is 0 Å². The van der Waals surface area contributed by atoms with Crippen LogP contribution in [0.4, 0.5) is 0 Å². The van der Waals surface area contributed by atoms with E-state index >= 15 is 0 Å². The molecule has 12 heteroatoms. The molecule has 8 nitrogen and oxygen atoms in total. The summed E-state index contributed by atoms with van der Waals surface area (Å²) < 4.78 is 31.6. The molecule has 0 aromatic heterocycles. The zero-order valence-corrected chi connectivity index (χ0v) is 15.4. The van der Waals surface area contributed by atoms with Gasteiger partial charge in [0.05, 0.1) is 0 Å². The molecule has 2 N–H and O–H groups in total. The minimum absolute atomic E-state index is 0. The van der Waals surface area contributed by atoms with Gasteiger partial charge in [-0.3, -0.25) is 9.11 Å². The molecule has 0 unspecified atom stereocenters. The Morgan fingerprint density at radius 2 is 1.00 bits per heavy atom. The summed E-state index contributed by atoms with van der Waals surface area (Å²) in [4.78, 5) is 34.3. The van der Waals surface area contributed by atoms with Gasteiger partial charge in [-0.25, -0.2) is 0 Å². The van der Waals surface area contributed by atoms with Gasteiger partial charge in [-0.15, -0.1) is 0 Å². The molecule has 0 amide bonds. The quantitative estimate of drug-likeness (QED) is 0.291. The molecular weight excluding hydrogens is 413 g/mol. The molecule has 0 saturated heterocycles. The van der Waals surface area contributed by atoms with Crippen LogP contribution in [0.1, 0.15) is 0 Å². The molecule has 64 valence electrons. The van der Waals surface area contributed by atoms with Crippen molar-refractivity contribution in [3.63, 3.8) is 0 Å². The Bertz CT molecular complexity index is 154. The van der Waals surface area contributed by atoms with Crippen molar-refractivity contribution in [3.05, 3.63) is 0 Å². The van der Waals surface area contributed by atoms with Gasteiger partial charge in [0.15, 0.2) is 0 Å². The molecule has 0 aromatic rings. The van der Waals surface area contributed by atoms with E-state index < -0.39 is 19.4 Å². The molecule has 0 aromatic carbocycles. The van der Waals surface area contributed by atoms with Crippen LogP contribution in [0.2, 0.25) is 0 Å². The third kappa shape index (κ3) is 210. The first kappa shape index (κ1) is 24.3. The van der Waals surface area contributed by atoms with Crippen molar-refractivity contribution in [1.29, 1.82) is 0 Å². The summed E-state index contributed by atoms with van der Waals surface area (Å²) >= 11 is 0. The summed E-state index contributed by atoms with van der Waals surface area (Å²) in [5.74, 6) is 0. The van der Waals surface area contributed by atoms with Crippen molar-refractivity contribution < 1.29 is 36.7 Å². The van der Waals surface area contributed by atoms with Crippen LogP contribution in [0, 0.1) is 0 Å². The number of rotatable bonds is 0. The van der Waals surface area contributed by atoms with Gasteiger partial charge >= 0.3 is 105 Å². The molecule has 0 aliphatic rings. The van der Waals surface area contributed by atoms with E-state index in [1.807, 2.05) is 0 Å². The maximum atomic E-state index is 8.74.